The van der Waals surface area contributed by atoms with Crippen molar-refractivity contribution in [2.45, 2.75) is 46.2 Å². The molecule has 4 heteroatoms. The molecule has 1 unspecified atom stereocenters. The summed E-state index contributed by atoms with van der Waals surface area (Å²) in [6.07, 6.45) is 1.72. The second-order valence-electron chi connectivity index (χ2n) is 5.34. The molecule has 21 heavy (non-hydrogen) atoms. The Balaban J connectivity index is 2.32. The second-order valence-corrected chi connectivity index (χ2v) is 5.71. The Morgan fingerprint density at radius 3 is 2.67 bits per heavy atom. The van der Waals surface area contributed by atoms with Crippen LogP contribution in [-0.2, 0) is 19.4 Å². The summed E-state index contributed by atoms with van der Waals surface area (Å²) in [5.74, 6) is 0. The molecule has 1 aromatic carbocycles. The number of nitrogens with zero attached hydrogens (tertiary/aromatic N) is 2. The van der Waals surface area contributed by atoms with E-state index < -0.39 is 0 Å². The number of likely N-dealkylation sites (N-methyl/N-ethyl adjacent to an activating group) is 1. The highest BCUT2D eigenvalue weighted by Gasteiger charge is 2.19. The van der Waals surface area contributed by atoms with E-state index in [4.69, 9.17) is 11.6 Å². The highest BCUT2D eigenvalue weighted by molar-refractivity contribution is 6.31. The van der Waals surface area contributed by atoms with Crippen molar-refractivity contribution in [2.24, 2.45) is 0 Å². The quantitative estimate of drug-likeness (QED) is 0.876. The zero-order chi connectivity index (χ0) is 15.4. The Labute approximate surface area is 132 Å². The van der Waals surface area contributed by atoms with Gasteiger partial charge in [0.15, 0.2) is 0 Å². The van der Waals surface area contributed by atoms with Crippen LogP contribution < -0.4 is 5.32 Å². The normalized spacial score (nSPS) is 12.6. The van der Waals surface area contributed by atoms with Crippen LogP contribution in [0.2, 0.25) is 5.02 Å². The molecule has 0 saturated carbocycles. The van der Waals surface area contributed by atoms with E-state index in [1.54, 1.807) is 0 Å². The third kappa shape index (κ3) is 3.47. The molecule has 0 aliphatic heterocycles. The van der Waals surface area contributed by atoms with Crippen LogP contribution in [0.15, 0.2) is 24.3 Å². The van der Waals surface area contributed by atoms with Gasteiger partial charge < -0.3 is 5.32 Å². The molecule has 114 valence electrons. The van der Waals surface area contributed by atoms with Crippen molar-refractivity contribution in [2.75, 3.05) is 7.05 Å². The number of halogens is 1. The predicted octanol–water partition coefficient (Wildman–Crippen LogP) is 3.93. The Hall–Kier alpha value is -1.32. The first-order valence-electron chi connectivity index (χ1n) is 7.58. The summed E-state index contributed by atoms with van der Waals surface area (Å²) in [5, 5.41) is 8.83. The van der Waals surface area contributed by atoms with Gasteiger partial charge in [-0.3, -0.25) is 4.68 Å². The largest absolute Gasteiger partial charge is 0.313 e. The molecule has 0 aliphatic rings. The van der Waals surface area contributed by atoms with E-state index in [9.17, 15) is 0 Å². The van der Waals surface area contributed by atoms with Gasteiger partial charge in [0, 0.05) is 19.0 Å². The lowest BCUT2D eigenvalue weighted by molar-refractivity contribution is 0.540. The fourth-order valence-corrected chi connectivity index (χ4v) is 3.03. The maximum atomic E-state index is 6.52. The molecule has 1 atom stereocenters. The summed E-state index contributed by atoms with van der Waals surface area (Å²) in [4.78, 5) is 0. The average molecular weight is 306 g/mol. The zero-order valence-corrected chi connectivity index (χ0v) is 14.0. The van der Waals surface area contributed by atoms with Gasteiger partial charge in [-0.1, -0.05) is 48.4 Å². The molecule has 2 aromatic rings. The van der Waals surface area contributed by atoms with Crippen LogP contribution in [0.1, 0.15) is 42.4 Å². The van der Waals surface area contributed by atoms with Gasteiger partial charge in [0.1, 0.15) is 0 Å². The monoisotopic (exact) mass is 305 g/mol. The lowest BCUT2D eigenvalue weighted by Gasteiger charge is -2.18. The van der Waals surface area contributed by atoms with Gasteiger partial charge >= 0.3 is 0 Å². The summed E-state index contributed by atoms with van der Waals surface area (Å²) in [6.45, 7) is 7.16. The van der Waals surface area contributed by atoms with E-state index in [-0.39, 0.29) is 6.04 Å². The smallest absolute Gasteiger partial charge is 0.0850 e. The zero-order valence-electron chi connectivity index (χ0n) is 13.3. The van der Waals surface area contributed by atoms with Gasteiger partial charge in [-0.2, -0.15) is 5.10 Å². The van der Waals surface area contributed by atoms with E-state index in [2.05, 4.69) is 55.5 Å². The molecule has 2 rings (SSSR count). The standard InChI is InChI=1S/C17H24ClN3/c1-5-14-17(18)16(21(6-2)20-14)11-15(19-4)13-9-7-8-12(3)10-13/h7-10,15,19H,5-6,11H2,1-4H3. The third-order valence-corrected chi connectivity index (χ3v) is 4.32. The molecule has 0 spiro atoms. The van der Waals surface area contributed by atoms with Crippen molar-refractivity contribution >= 4 is 11.6 Å². The lowest BCUT2D eigenvalue weighted by Crippen LogP contribution is -2.20. The summed E-state index contributed by atoms with van der Waals surface area (Å²) in [5.41, 5.74) is 4.68. The topological polar surface area (TPSA) is 29.9 Å². The molecule has 3 nitrogen and oxygen atoms in total. The van der Waals surface area contributed by atoms with Crippen molar-refractivity contribution in [1.29, 1.82) is 0 Å². The Morgan fingerprint density at radius 1 is 1.33 bits per heavy atom. The SMILES string of the molecule is CCc1nn(CC)c(CC(NC)c2cccc(C)c2)c1Cl. The third-order valence-electron chi connectivity index (χ3n) is 3.88. The highest BCUT2D eigenvalue weighted by atomic mass is 35.5. The van der Waals surface area contributed by atoms with Gasteiger partial charge in [-0.25, -0.2) is 0 Å². The number of aromatic nitrogens is 2. The van der Waals surface area contributed by atoms with E-state index in [1.807, 2.05) is 11.7 Å². The number of aryl methyl sites for hydroxylation is 3. The summed E-state index contributed by atoms with van der Waals surface area (Å²) < 4.78 is 2.03. The first kappa shape index (κ1) is 16.1. The van der Waals surface area contributed by atoms with Gasteiger partial charge in [-0.05, 0) is 32.9 Å². The minimum atomic E-state index is 0.245. The molecule has 1 heterocycles. The molecular weight excluding hydrogens is 282 g/mol. The molecule has 1 N–H and O–H groups in total. The molecule has 0 bridgehead atoms. The van der Waals surface area contributed by atoms with E-state index in [0.29, 0.717) is 0 Å². The fraction of sp³-hybridized carbons (Fsp3) is 0.471. The first-order chi connectivity index (χ1) is 10.1. The Morgan fingerprint density at radius 2 is 2.10 bits per heavy atom. The van der Waals surface area contributed by atoms with Crippen molar-refractivity contribution in [1.82, 2.24) is 15.1 Å². The number of rotatable bonds is 6. The van der Waals surface area contributed by atoms with Crippen LogP contribution in [0, 0.1) is 6.92 Å². The molecule has 0 saturated heterocycles. The molecule has 0 fully saturated rings. The van der Waals surface area contributed by atoms with Gasteiger partial charge in [0.25, 0.3) is 0 Å². The van der Waals surface area contributed by atoms with Gasteiger partial charge in [0.05, 0.1) is 16.4 Å². The van der Waals surface area contributed by atoms with Crippen LogP contribution in [0.4, 0.5) is 0 Å². The molecule has 0 radical (unpaired) electrons. The van der Waals surface area contributed by atoms with Crippen molar-refractivity contribution < 1.29 is 0 Å². The van der Waals surface area contributed by atoms with E-state index >= 15 is 0 Å². The maximum absolute atomic E-state index is 6.52. The van der Waals surface area contributed by atoms with Crippen LogP contribution in [0.3, 0.4) is 0 Å². The number of hydrogen-bond acceptors (Lipinski definition) is 2. The second kappa shape index (κ2) is 7.10. The van der Waals surface area contributed by atoms with Gasteiger partial charge in [0.2, 0.25) is 0 Å². The fourth-order valence-electron chi connectivity index (χ4n) is 2.68. The summed E-state index contributed by atoms with van der Waals surface area (Å²) in [7, 11) is 1.99. The average Bonchev–Trinajstić information content (AvgIpc) is 2.80. The number of nitrogens with one attached hydrogen (secondary N) is 1. The Kier molecular flexibility index (Phi) is 5.43. The number of hydrogen-bond donors (Lipinski definition) is 1. The summed E-state index contributed by atoms with van der Waals surface area (Å²) >= 11 is 6.52. The molecule has 0 aliphatic carbocycles. The van der Waals surface area contributed by atoms with Crippen LogP contribution in [0.25, 0.3) is 0 Å². The molecular formula is C17H24ClN3. The van der Waals surface area contributed by atoms with Crippen molar-refractivity contribution in [3.8, 4) is 0 Å². The number of benzene rings is 1. The van der Waals surface area contributed by atoms with Crippen molar-refractivity contribution in [3.05, 3.63) is 51.8 Å². The van der Waals surface area contributed by atoms with E-state index in [1.165, 1.54) is 11.1 Å². The molecule has 1 aromatic heterocycles. The first-order valence-corrected chi connectivity index (χ1v) is 7.96. The van der Waals surface area contributed by atoms with Crippen LogP contribution >= 0.6 is 11.6 Å². The van der Waals surface area contributed by atoms with Gasteiger partial charge in [-0.15, -0.1) is 0 Å². The maximum Gasteiger partial charge on any atom is 0.0850 e. The van der Waals surface area contributed by atoms with Crippen molar-refractivity contribution in [3.63, 3.8) is 0 Å². The van der Waals surface area contributed by atoms with Crippen LogP contribution in [0.5, 0.6) is 0 Å². The molecule has 0 amide bonds. The Bertz CT molecular complexity index is 604. The lowest BCUT2D eigenvalue weighted by atomic mass is 10.00. The minimum absolute atomic E-state index is 0.245. The van der Waals surface area contributed by atoms with E-state index in [0.717, 1.165) is 35.8 Å². The summed E-state index contributed by atoms with van der Waals surface area (Å²) in [6, 6.07) is 8.85. The van der Waals surface area contributed by atoms with Crippen LogP contribution in [-0.4, -0.2) is 16.8 Å². The minimum Gasteiger partial charge on any atom is -0.313 e. The highest BCUT2D eigenvalue weighted by Crippen LogP contribution is 2.27. The predicted molar refractivity (Wildman–Crippen MR) is 89.0 cm³/mol.